The number of aryl methyl sites for hydroxylation is 1. The lowest BCUT2D eigenvalue weighted by Crippen LogP contribution is -2.51. The lowest BCUT2D eigenvalue weighted by molar-refractivity contribution is -0.140. The summed E-state index contributed by atoms with van der Waals surface area (Å²) in [6.07, 6.45) is 1.12. The van der Waals surface area contributed by atoms with E-state index in [4.69, 9.17) is 4.74 Å². The third-order valence-corrected chi connectivity index (χ3v) is 5.14. The van der Waals surface area contributed by atoms with E-state index in [1.54, 1.807) is 34.7 Å². The molecule has 31 heavy (non-hydrogen) atoms. The lowest BCUT2D eigenvalue weighted by atomic mass is 9.95. The van der Waals surface area contributed by atoms with Crippen molar-refractivity contribution in [2.75, 3.05) is 7.05 Å². The Balaban J connectivity index is 3.16. The summed E-state index contributed by atoms with van der Waals surface area (Å²) in [6, 6.07) is 4.05. The van der Waals surface area contributed by atoms with E-state index < -0.39 is 23.8 Å². The average molecular weight is 434 g/mol. The van der Waals surface area contributed by atoms with Gasteiger partial charge in [-0.15, -0.1) is 0 Å². The Morgan fingerprint density at radius 2 is 1.71 bits per heavy atom. The smallest absolute Gasteiger partial charge is 0.408 e. The second kappa shape index (κ2) is 11.2. The van der Waals surface area contributed by atoms with Crippen LogP contribution in [0.15, 0.2) is 18.2 Å². The number of benzene rings is 1. The molecular weight excluding hydrogens is 394 g/mol. The molecule has 0 aromatic heterocycles. The van der Waals surface area contributed by atoms with Crippen molar-refractivity contribution < 1.29 is 19.1 Å². The lowest BCUT2D eigenvalue weighted by Gasteiger charge is -2.32. The minimum absolute atomic E-state index is 0.00840. The van der Waals surface area contributed by atoms with E-state index in [2.05, 4.69) is 17.6 Å². The van der Waals surface area contributed by atoms with Crippen molar-refractivity contribution in [2.45, 2.75) is 92.0 Å². The molecule has 0 bridgehead atoms. The number of carbonyl (C=O) groups is 3. The normalized spacial score (nSPS) is 14.2. The number of nitrogens with zero attached hydrogens (tertiary/aromatic N) is 1. The summed E-state index contributed by atoms with van der Waals surface area (Å²) >= 11 is 0. The third kappa shape index (κ3) is 7.89. The summed E-state index contributed by atoms with van der Waals surface area (Å²) in [6.45, 7) is 14.8. The molecule has 3 amide bonds. The van der Waals surface area contributed by atoms with Gasteiger partial charge in [0.15, 0.2) is 0 Å². The zero-order valence-corrected chi connectivity index (χ0v) is 20.5. The molecule has 7 heteroatoms. The number of hydrogen-bond acceptors (Lipinski definition) is 4. The number of amides is 3. The minimum Gasteiger partial charge on any atom is -0.444 e. The van der Waals surface area contributed by atoms with E-state index in [-0.39, 0.29) is 17.9 Å². The van der Waals surface area contributed by atoms with Gasteiger partial charge in [0, 0.05) is 13.1 Å². The van der Waals surface area contributed by atoms with Crippen molar-refractivity contribution in [1.82, 2.24) is 15.5 Å². The van der Waals surface area contributed by atoms with Crippen LogP contribution >= 0.6 is 0 Å². The second-order valence-corrected chi connectivity index (χ2v) is 9.21. The maximum absolute atomic E-state index is 13.3. The van der Waals surface area contributed by atoms with Gasteiger partial charge in [0.25, 0.3) is 0 Å². The molecule has 0 saturated heterocycles. The fourth-order valence-corrected chi connectivity index (χ4v) is 3.40. The number of alkyl carbamates (subject to hydrolysis) is 1. The van der Waals surface area contributed by atoms with E-state index in [0.29, 0.717) is 0 Å². The van der Waals surface area contributed by atoms with Crippen LogP contribution in [0.3, 0.4) is 0 Å². The van der Waals surface area contributed by atoms with Gasteiger partial charge >= 0.3 is 6.09 Å². The van der Waals surface area contributed by atoms with E-state index in [1.165, 1.54) is 4.90 Å². The first-order valence-corrected chi connectivity index (χ1v) is 10.9. The predicted octanol–water partition coefficient (Wildman–Crippen LogP) is 4.02. The van der Waals surface area contributed by atoms with Gasteiger partial charge in [-0.2, -0.15) is 0 Å². The Kier molecular flexibility index (Phi) is 9.53. The predicted molar refractivity (Wildman–Crippen MR) is 123 cm³/mol. The summed E-state index contributed by atoms with van der Waals surface area (Å²) in [7, 11) is 1.59. The number of likely N-dealkylation sites (N-methyl/N-ethyl adjacent to an activating group) is 1. The minimum atomic E-state index is -0.853. The third-order valence-electron chi connectivity index (χ3n) is 5.14. The molecule has 0 heterocycles. The molecule has 3 unspecified atom stereocenters. The van der Waals surface area contributed by atoms with Gasteiger partial charge in [-0.1, -0.05) is 31.5 Å². The summed E-state index contributed by atoms with van der Waals surface area (Å²) < 4.78 is 5.25. The van der Waals surface area contributed by atoms with Crippen LogP contribution in [0.2, 0.25) is 0 Å². The first-order valence-electron chi connectivity index (χ1n) is 10.9. The van der Waals surface area contributed by atoms with Gasteiger partial charge in [-0.25, -0.2) is 4.79 Å². The highest BCUT2D eigenvalue weighted by Crippen LogP contribution is 2.26. The Morgan fingerprint density at radius 3 is 2.26 bits per heavy atom. The Labute approximate surface area is 186 Å². The molecule has 0 radical (unpaired) electrons. The van der Waals surface area contributed by atoms with Gasteiger partial charge in [0.1, 0.15) is 17.7 Å². The Bertz CT molecular complexity index is 786. The zero-order chi connectivity index (χ0) is 23.9. The standard InChI is InChI=1S/C24H39N3O4/c1-10-12-16(3)25-21(28)20(19-14-11-13-15(2)17(19)4)27(9)22(29)18(5)26-23(30)31-24(6,7)8/h11,13-14,16,18,20H,10,12H2,1-9H3,(H,25,28)(H,26,30). The molecule has 174 valence electrons. The van der Waals surface area contributed by atoms with Crippen LogP contribution in [0, 0.1) is 13.8 Å². The van der Waals surface area contributed by atoms with Crippen LogP contribution < -0.4 is 10.6 Å². The van der Waals surface area contributed by atoms with Crippen LogP contribution in [0.1, 0.15) is 77.1 Å². The van der Waals surface area contributed by atoms with Crippen molar-refractivity contribution >= 4 is 17.9 Å². The van der Waals surface area contributed by atoms with Crippen molar-refractivity contribution in [1.29, 1.82) is 0 Å². The van der Waals surface area contributed by atoms with Crippen LogP contribution in [0.5, 0.6) is 0 Å². The largest absolute Gasteiger partial charge is 0.444 e. The van der Waals surface area contributed by atoms with Crippen LogP contribution in [-0.2, 0) is 14.3 Å². The fraction of sp³-hybridized carbons (Fsp3) is 0.625. The molecule has 0 saturated carbocycles. The van der Waals surface area contributed by atoms with Crippen molar-refractivity contribution in [3.05, 3.63) is 34.9 Å². The van der Waals surface area contributed by atoms with Crippen molar-refractivity contribution in [3.8, 4) is 0 Å². The number of rotatable bonds is 8. The molecule has 3 atom stereocenters. The highest BCUT2D eigenvalue weighted by atomic mass is 16.6. The molecular formula is C24H39N3O4. The molecule has 0 aliphatic carbocycles. The molecule has 0 aliphatic rings. The number of hydrogen-bond donors (Lipinski definition) is 2. The summed E-state index contributed by atoms with van der Waals surface area (Å²) in [5.74, 6) is -0.620. The molecule has 2 N–H and O–H groups in total. The van der Waals surface area contributed by atoms with Gasteiger partial charge < -0.3 is 20.3 Å². The number of nitrogens with one attached hydrogen (secondary N) is 2. The topological polar surface area (TPSA) is 87.7 Å². The molecule has 1 aromatic rings. The molecule has 0 aliphatic heterocycles. The molecule has 1 aromatic carbocycles. The fourth-order valence-electron chi connectivity index (χ4n) is 3.40. The average Bonchev–Trinajstić information content (AvgIpc) is 2.63. The van der Waals surface area contributed by atoms with E-state index >= 15 is 0 Å². The molecule has 1 rings (SSSR count). The van der Waals surface area contributed by atoms with Gasteiger partial charge in [-0.3, -0.25) is 9.59 Å². The van der Waals surface area contributed by atoms with Gasteiger partial charge in [-0.05, 0) is 71.6 Å². The molecule has 0 spiro atoms. The Morgan fingerprint density at radius 1 is 1.10 bits per heavy atom. The highest BCUT2D eigenvalue weighted by molar-refractivity contribution is 5.92. The summed E-state index contributed by atoms with van der Waals surface area (Å²) in [5, 5.41) is 5.59. The number of ether oxygens (including phenoxy) is 1. The quantitative estimate of drug-likeness (QED) is 0.648. The first-order chi connectivity index (χ1) is 14.3. The second-order valence-electron chi connectivity index (χ2n) is 9.21. The monoisotopic (exact) mass is 433 g/mol. The van der Waals surface area contributed by atoms with E-state index in [1.807, 2.05) is 39.0 Å². The zero-order valence-electron chi connectivity index (χ0n) is 20.5. The summed E-state index contributed by atoms with van der Waals surface area (Å²) in [5.41, 5.74) is 2.09. The van der Waals surface area contributed by atoms with Gasteiger partial charge in [0.05, 0.1) is 0 Å². The van der Waals surface area contributed by atoms with E-state index in [9.17, 15) is 14.4 Å². The molecule has 7 nitrogen and oxygen atoms in total. The highest BCUT2D eigenvalue weighted by Gasteiger charge is 2.33. The van der Waals surface area contributed by atoms with Crippen LogP contribution in [0.4, 0.5) is 4.79 Å². The molecule has 0 fully saturated rings. The SMILES string of the molecule is CCCC(C)NC(=O)C(c1cccc(C)c1C)N(C)C(=O)C(C)NC(=O)OC(C)(C)C. The van der Waals surface area contributed by atoms with Gasteiger partial charge in [0.2, 0.25) is 11.8 Å². The maximum atomic E-state index is 13.3. The maximum Gasteiger partial charge on any atom is 0.408 e. The van der Waals surface area contributed by atoms with Crippen molar-refractivity contribution in [2.24, 2.45) is 0 Å². The summed E-state index contributed by atoms with van der Waals surface area (Å²) in [4.78, 5) is 39.9. The van der Waals surface area contributed by atoms with Crippen LogP contribution in [0.25, 0.3) is 0 Å². The van der Waals surface area contributed by atoms with Crippen molar-refractivity contribution in [3.63, 3.8) is 0 Å². The van der Waals surface area contributed by atoms with E-state index in [0.717, 1.165) is 29.5 Å². The first kappa shape index (κ1) is 26.5. The van der Waals surface area contributed by atoms with Crippen LogP contribution in [-0.4, -0.2) is 47.5 Å². The number of carbonyl (C=O) groups excluding carboxylic acids is 3. The Hall–Kier alpha value is -2.57.